The number of nitrogens with zero attached hydrogens (tertiary/aromatic N) is 1. The Hall–Kier alpha value is -1.18. The Kier molecular flexibility index (Phi) is 9.96. The Morgan fingerprint density at radius 3 is 2.50 bits per heavy atom. The van der Waals surface area contributed by atoms with Gasteiger partial charge in [0.2, 0.25) is 0 Å². The van der Waals surface area contributed by atoms with Gasteiger partial charge in [0.1, 0.15) is 11.6 Å². The van der Waals surface area contributed by atoms with Crippen molar-refractivity contribution < 1.29 is 8.78 Å². The van der Waals surface area contributed by atoms with Gasteiger partial charge in [-0.05, 0) is 25.5 Å². The molecule has 3 nitrogen and oxygen atoms in total. The molecule has 1 aromatic carbocycles. The van der Waals surface area contributed by atoms with Crippen LogP contribution in [0.3, 0.4) is 0 Å². The molecule has 0 saturated carbocycles. The van der Waals surface area contributed by atoms with Crippen molar-refractivity contribution in [2.75, 3.05) is 19.6 Å². The van der Waals surface area contributed by atoms with E-state index in [9.17, 15) is 8.78 Å². The second-order valence-corrected chi connectivity index (χ2v) is 3.88. The van der Waals surface area contributed by atoms with Gasteiger partial charge in [0.15, 0.2) is 5.96 Å². The number of halogens is 3. The quantitative estimate of drug-likeness (QED) is 0.337. The maximum atomic E-state index is 13.4. The molecule has 1 rings (SSSR count). The van der Waals surface area contributed by atoms with Gasteiger partial charge in [-0.3, -0.25) is 4.99 Å². The fraction of sp³-hybridized carbons (Fsp3) is 0.357. The van der Waals surface area contributed by atoms with Crippen molar-refractivity contribution in [3.8, 4) is 0 Å². The molecule has 0 radical (unpaired) electrons. The number of rotatable bonds is 6. The summed E-state index contributed by atoms with van der Waals surface area (Å²) in [5, 5.41) is 6.06. The van der Waals surface area contributed by atoms with Gasteiger partial charge in [0, 0.05) is 25.2 Å². The van der Waals surface area contributed by atoms with Crippen LogP contribution in [0.25, 0.3) is 0 Å². The summed E-state index contributed by atoms with van der Waals surface area (Å²) in [6.45, 7) is 7.16. The van der Waals surface area contributed by atoms with Crippen LogP contribution in [0.1, 0.15) is 12.5 Å². The van der Waals surface area contributed by atoms with Crippen LogP contribution in [-0.4, -0.2) is 25.6 Å². The third-order valence-electron chi connectivity index (χ3n) is 2.45. The Labute approximate surface area is 135 Å². The highest BCUT2D eigenvalue weighted by atomic mass is 127. The van der Waals surface area contributed by atoms with E-state index < -0.39 is 11.6 Å². The summed E-state index contributed by atoms with van der Waals surface area (Å²) in [5.41, 5.74) is 0.0748. The van der Waals surface area contributed by atoms with Crippen LogP contribution >= 0.6 is 24.0 Å². The summed E-state index contributed by atoms with van der Waals surface area (Å²) in [7, 11) is 0. The summed E-state index contributed by atoms with van der Waals surface area (Å²) in [6.07, 6.45) is 1.94. The molecule has 20 heavy (non-hydrogen) atoms. The van der Waals surface area contributed by atoms with Crippen LogP contribution in [0, 0.1) is 11.6 Å². The lowest BCUT2D eigenvalue weighted by Gasteiger charge is -2.09. The lowest BCUT2D eigenvalue weighted by atomic mass is 10.1. The van der Waals surface area contributed by atoms with Crippen molar-refractivity contribution in [1.82, 2.24) is 10.6 Å². The van der Waals surface area contributed by atoms with Gasteiger partial charge in [0.05, 0.1) is 0 Å². The van der Waals surface area contributed by atoms with Crippen LogP contribution in [0.4, 0.5) is 8.78 Å². The molecule has 112 valence electrons. The van der Waals surface area contributed by atoms with Crippen LogP contribution < -0.4 is 10.6 Å². The molecule has 6 heteroatoms. The zero-order chi connectivity index (χ0) is 14.1. The Morgan fingerprint density at radius 2 is 1.95 bits per heavy atom. The average molecular weight is 395 g/mol. The van der Waals surface area contributed by atoms with Crippen LogP contribution in [0.2, 0.25) is 0 Å². The number of hydrogen-bond donors (Lipinski definition) is 2. The molecule has 0 bridgehead atoms. The van der Waals surface area contributed by atoms with E-state index in [0.29, 0.717) is 19.0 Å². The number of hydrogen-bond acceptors (Lipinski definition) is 1. The molecule has 1 aromatic rings. The molecule has 0 heterocycles. The first-order valence-electron chi connectivity index (χ1n) is 6.25. The highest BCUT2D eigenvalue weighted by Gasteiger charge is 2.07. The van der Waals surface area contributed by atoms with E-state index >= 15 is 0 Å². The molecule has 0 aliphatic heterocycles. The summed E-state index contributed by atoms with van der Waals surface area (Å²) in [6, 6.07) is 3.86. The first kappa shape index (κ1) is 18.8. The highest BCUT2D eigenvalue weighted by Crippen LogP contribution is 2.12. The van der Waals surface area contributed by atoms with Crippen molar-refractivity contribution in [2.24, 2.45) is 4.99 Å². The van der Waals surface area contributed by atoms with Crippen molar-refractivity contribution in [3.05, 3.63) is 48.1 Å². The maximum Gasteiger partial charge on any atom is 0.191 e. The molecule has 0 unspecified atom stereocenters. The van der Waals surface area contributed by atoms with Crippen molar-refractivity contribution in [1.29, 1.82) is 0 Å². The van der Waals surface area contributed by atoms with E-state index in [0.717, 1.165) is 6.54 Å². The Morgan fingerprint density at radius 1 is 1.30 bits per heavy atom. The van der Waals surface area contributed by atoms with Gasteiger partial charge in [-0.25, -0.2) is 8.78 Å². The summed E-state index contributed by atoms with van der Waals surface area (Å²) >= 11 is 0. The van der Waals surface area contributed by atoms with Gasteiger partial charge in [-0.2, -0.15) is 0 Å². The second-order valence-electron chi connectivity index (χ2n) is 3.88. The molecule has 0 aliphatic rings. The number of aliphatic imine (C=N–C) groups is 1. The summed E-state index contributed by atoms with van der Waals surface area (Å²) in [4.78, 5) is 4.24. The molecule has 0 saturated heterocycles. The highest BCUT2D eigenvalue weighted by molar-refractivity contribution is 14.0. The van der Waals surface area contributed by atoms with E-state index in [2.05, 4.69) is 22.2 Å². The number of nitrogens with one attached hydrogen (secondary N) is 2. The maximum absolute atomic E-state index is 13.4. The zero-order valence-electron chi connectivity index (χ0n) is 11.5. The lowest BCUT2D eigenvalue weighted by Crippen LogP contribution is -2.37. The standard InChI is InChI=1S/C14H19F2N3.HI/c1-3-9-18-14(17-4-2)19-10-8-11-12(15)6-5-7-13(11)16;/h3,5-7H,1,4,8-10H2,2H3,(H2,17,18,19);1H. The fourth-order valence-corrected chi connectivity index (χ4v) is 1.56. The predicted molar refractivity (Wildman–Crippen MR) is 89.7 cm³/mol. The van der Waals surface area contributed by atoms with Crippen molar-refractivity contribution in [3.63, 3.8) is 0 Å². The minimum atomic E-state index is -0.528. The fourth-order valence-electron chi connectivity index (χ4n) is 1.56. The predicted octanol–water partition coefficient (Wildman–Crippen LogP) is 2.87. The van der Waals surface area contributed by atoms with E-state index in [-0.39, 0.29) is 36.0 Å². The molecule has 0 aliphatic carbocycles. The number of guanidine groups is 1. The lowest BCUT2D eigenvalue weighted by molar-refractivity contribution is 0.555. The van der Waals surface area contributed by atoms with Crippen LogP contribution in [0.5, 0.6) is 0 Å². The molecule has 0 atom stereocenters. The molecule has 0 spiro atoms. The first-order chi connectivity index (χ1) is 9.19. The van der Waals surface area contributed by atoms with Gasteiger partial charge in [-0.15, -0.1) is 30.6 Å². The summed E-state index contributed by atoms with van der Waals surface area (Å²) in [5.74, 6) is -0.447. The van der Waals surface area contributed by atoms with Crippen molar-refractivity contribution in [2.45, 2.75) is 13.3 Å². The summed E-state index contributed by atoms with van der Waals surface area (Å²) < 4.78 is 26.8. The largest absolute Gasteiger partial charge is 0.357 e. The van der Waals surface area contributed by atoms with E-state index in [1.807, 2.05) is 6.92 Å². The van der Waals surface area contributed by atoms with E-state index in [1.54, 1.807) is 6.08 Å². The van der Waals surface area contributed by atoms with Gasteiger partial charge < -0.3 is 10.6 Å². The topological polar surface area (TPSA) is 36.4 Å². The van der Waals surface area contributed by atoms with E-state index in [4.69, 9.17) is 0 Å². The SMILES string of the molecule is C=CCNC(=NCCc1c(F)cccc1F)NCC.I. The first-order valence-corrected chi connectivity index (χ1v) is 6.25. The van der Waals surface area contributed by atoms with Crippen LogP contribution in [-0.2, 0) is 6.42 Å². The molecule has 2 N–H and O–H groups in total. The number of benzene rings is 1. The normalized spacial score (nSPS) is 10.7. The third kappa shape index (κ3) is 6.31. The second kappa shape index (κ2) is 10.6. The minimum Gasteiger partial charge on any atom is -0.357 e. The third-order valence-corrected chi connectivity index (χ3v) is 2.45. The molecule has 0 fully saturated rings. The smallest absolute Gasteiger partial charge is 0.191 e. The molecule has 0 aromatic heterocycles. The Bertz CT molecular complexity index is 430. The Balaban J connectivity index is 0.00000361. The monoisotopic (exact) mass is 395 g/mol. The zero-order valence-corrected chi connectivity index (χ0v) is 13.8. The minimum absolute atomic E-state index is 0. The van der Waals surface area contributed by atoms with Gasteiger partial charge in [0.25, 0.3) is 0 Å². The molecular formula is C14H20F2IN3. The van der Waals surface area contributed by atoms with Crippen molar-refractivity contribution >= 4 is 29.9 Å². The molecule has 0 amide bonds. The average Bonchev–Trinajstić information content (AvgIpc) is 2.39. The molecular weight excluding hydrogens is 375 g/mol. The van der Waals surface area contributed by atoms with Crippen LogP contribution in [0.15, 0.2) is 35.8 Å². The van der Waals surface area contributed by atoms with Gasteiger partial charge >= 0.3 is 0 Å². The van der Waals surface area contributed by atoms with E-state index in [1.165, 1.54) is 18.2 Å². The van der Waals surface area contributed by atoms with Gasteiger partial charge in [-0.1, -0.05) is 12.1 Å².